The van der Waals surface area contributed by atoms with Crippen LogP contribution < -0.4 is 11.1 Å². The summed E-state index contributed by atoms with van der Waals surface area (Å²) in [7, 11) is -3.66. The Morgan fingerprint density at radius 3 is 2.68 bits per heavy atom. The van der Waals surface area contributed by atoms with Crippen LogP contribution in [0, 0.1) is 0 Å². The van der Waals surface area contributed by atoms with Gasteiger partial charge in [0.2, 0.25) is 15.9 Å². The molecule has 0 bridgehead atoms. The summed E-state index contributed by atoms with van der Waals surface area (Å²) < 4.78 is 26.9. The highest BCUT2D eigenvalue weighted by atomic mass is 32.2. The van der Waals surface area contributed by atoms with E-state index in [1.165, 1.54) is 4.31 Å². The quantitative estimate of drug-likeness (QED) is 0.833. The Balaban J connectivity index is 2.25. The van der Waals surface area contributed by atoms with E-state index in [2.05, 4.69) is 5.32 Å². The van der Waals surface area contributed by atoms with Crippen LogP contribution in [0.5, 0.6) is 0 Å². The fourth-order valence-electron chi connectivity index (χ4n) is 2.58. The lowest BCUT2D eigenvalue weighted by atomic mass is 10.0. The number of carbonyl (C=O) groups excluding carboxylic acids is 1. The molecule has 1 aromatic rings. The first-order chi connectivity index (χ1) is 10.5. The van der Waals surface area contributed by atoms with Gasteiger partial charge in [-0.05, 0) is 31.9 Å². The Labute approximate surface area is 131 Å². The largest absolute Gasteiger partial charge is 0.351 e. The summed E-state index contributed by atoms with van der Waals surface area (Å²) in [6, 6.07) is 7.42. The van der Waals surface area contributed by atoms with Gasteiger partial charge in [-0.1, -0.05) is 24.6 Å². The average Bonchev–Trinajstić information content (AvgIpc) is 2.55. The highest BCUT2D eigenvalue weighted by molar-refractivity contribution is 7.89. The molecule has 1 aliphatic rings. The highest BCUT2D eigenvalue weighted by Crippen LogP contribution is 2.25. The number of carbonyl (C=O) groups is 1. The topological polar surface area (TPSA) is 92.5 Å². The van der Waals surface area contributed by atoms with Crippen molar-refractivity contribution in [2.45, 2.75) is 43.2 Å². The maximum Gasteiger partial charge on any atom is 0.243 e. The standard InChI is InChI=1S/C15H23N3O3S/c1-12(11-16)17-15(19)14-9-5-6-10-18(14)22(20,21)13-7-3-2-4-8-13/h2-4,7-8,12,14H,5-6,9-11,16H2,1H3,(H,17,19)/t12-,14?/m0/s1. The molecule has 6 nitrogen and oxygen atoms in total. The Hall–Kier alpha value is -1.44. The van der Waals surface area contributed by atoms with Gasteiger partial charge in [0.25, 0.3) is 0 Å². The van der Waals surface area contributed by atoms with Crippen LogP contribution in [0.25, 0.3) is 0 Å². The number of hydrogen-bond donors (Lipinski definition) is 2. The minimum atomic E-state index is -3.66. The summed E-state index contributed by atoms with van der Waals surface area (Å²) in [4.78, 5) is 12.6. The number of hydrogen-bond acceptors (Lipinski definition) is 4. The molecule has 1 aliphatic heterocycles. The lowest BCUT2D eigenvalue weighted by Gasteiger charge is -2.34. The summed E-state index contributed by atoms with van der Waals surface area (Å²) in [5, 5.41) is 2.78. The summed E-state index contributed by atoms with van der Waals surface area (Å²) in [5.41, 5.74) is 5.51. The van der Waals surface area contributed by atoms with Crippen molar-refractivity contribution in [1.82, 2.24) is 9.62 Å². The third kappa shape index (κ3) is 3.66. The number of nitrogens with one attached hydrogen (secondary N) is 1. The molecule has 7 heteroatoms. The summed E-state index contributed by atoms with van der Waals surface area (Å²) in [5.74, 6) is -0.267. The summed E-state index contributed by atoms with van der Waals surface area (Å²) in [6.45, 7) is 2.49. The van der Waals surface area contributed by atoms with E-state index >= 15 is 0 Å². The number of piperidine rings is 1. The number of benzene rings is 1. The monoisotopic (exact) mass is 325 g/mol. The summed E-state index contributed by atoms with van der Waals surface area (Å²) >= 11 is 0. The lowest BCUT2D eigenvalue weighted by Crippen LogP contribution is -2.54. The molecule has 22 heavy (non-hydrogen) atoms. The molecule has 1 amide bonds. The molecule has 1 heterocycles. The van der Waals surface area contributed by atoms with Crippen molar-refractivity contribution >= 4 is 15.9 Å². The zero-order chi connectivity index (χ0) is 16.2. The van der Waals surface area contributed by atoms with Gasteiger partial charge in [0, 0.05) is 19.1 Å². The molecule has 1 unspecified atom stereocenters. The maximum absolute atomic E-state index is 12.8. The minimum absolute atomic E-state index is 0.171. The molecule has 1 aromatic carbocycles. The molecule has 0 aromatic heterocycles. The molecule has 1 fully saturated rings. The summed E-state index contributed by atoms with van der Waals surface area (Å²) in [6.07, 6.45) is 2.15. The average molecular weight is 325 g/mol. The number of amides is 1. The molecule has 122 valence electrons. The predicted molar refractivity (Wildman–Crippen MR) is 84.6 cm³/mol. The zero-order valence-corrected chi connectivity index (χ0v) is 13.6. The van der Waals surface area contributed by atoms with Gasteiger partial charge in [0.15, 0.2) is 0 Å². The van der Waals surface area contributed by atoms with E-state index in [-0.39, 0.29) is 16.8 Å². The SMILES string of the molecule is C[C@@H](CN)NC(=O)C1CCCCN1S(=O)(=O)c1ccccc1. The van der Waals surface area contributed by atoms with E-state index in [1.807, 2.05) is 0 Å². The third-order valence-electron chi connectivity index (χ3n) is 3.85. The van der Waals surface area contributed by atoms with Gasteiger partial charge in [-0.25, -0.2) is 8.42 Å². The molecule has 0 radical (unpaired) electrons. The van der Waals surface area contributed by atoms with Gasteiger partial charge in [-0.3, -0.25) is 4.79 Å². The predicted octanol–water partition coefficient (Wildman–Crippen LogP) is 0.693. The smallest absolute Gasteiger partial charge is 0.243 e. The van der Waals surface area contributed by atoms with Gasteiger partial charge < -0.3 is 11.1 Å². The fourth-order valence-corrected chi connectivity index (χ4v) is 4.26. The van der Waals surface area contributed by atoms with E-state index in [0.717, 1.165) is 12.8 Å². The Morgan fingerprint density at radius 2 is 2.05 bits per heavy atom. The van der Waals surface area contributed by atoms with Crippen LogP contribution in [-0.2, 0) is 14.8 Å². The molecule has 1 saturated heterocycles. The van der Waals surface area contributed by atoms with Crippen molar-refractivity contribution < 1.29 is 13.2 Å². The van der Waals surface area contributed by atoms with Crippen LogP contribution in [0.1, 0.15) is 26.2 Å². The van der Waals surface area contributed by atoms with Crippen molar-refractivity contribution in [1.29, 1.82) is 0 Å². The van der Waals surface area contributed by atoms with Gasteiger partial charge in [-0.15, -0.1) is 0 Å². The normalized spacial score (nSPS) is 21.3. The Kier molecular flexibility index (Phi) is 5.55. The second-order valence-electron chi connectivity index (χ2n) is 5.59. The van der Waals surface area contributed by atoms with Crippen LogP contribution in [-0.4, -0.2) is 43.8 Å². The second-order valence-corrected chi connectivity index (χ2v) is 7.48. The van der Waals surface area contributed by atoms with Crippen LogP contribution in [0.3, 0.4) is 0 Å². The van der Waals surface area contributed by atoms with E-state index in [9.17, 15) is 13.2 Å². The van der Waals surface area contributed by atoms with E-state index < -0.39 is 16.1 Å². The minimum Gasteiger partial charge on any atom is -0.351 e. The highest BCUT2D eigenvalue weighted by Gasteiger charge is 2.37. The number of rotatable bonds is 5. The first-order valence-electron chi connectivity index (χ1n) is 7.54. The number of sulfonamides is 1. The van der Waals surface area contributed by atoms with Crippen molar-refractivity contribution in [2.24, 2.45) is 5.73 Å². The molecule has 3 N–H and O–H groups in total. The van der Waals surface area contributed by atoms with E-state index in [1.54, 1.807) is 37.3 Å². The number of nitrogens with zero attached hydrogens (tertiary/aromatic N) is 1. The van der Waals surface area contributed by atoms with Crippen molar-refractivity contribution in [3.8, 4) is 0 Å². The van der Waals surface area contributed by atoms with Gasteiger partial charge in [0.05, 0.1) is 4.90 Å². The van der Waals surface area contributed by atoms with E-state index in [4.69, 9.17) is 5.73 Å². The van der Waals surface area contributed by atoms with Gasteiger partial charge >= 0.3 is 0 Å². The molecule has 0 saturated carbocycles. The first kappa shape index (κ1) is 16.9. The zero-order valence-electron chi connectivity index (χ0n) is 12.7. The Bertz CT molecular complexity index is 604. The van der Waals surface area contributed by atoms with Crippen LogP contribution >= 0.6 is 0 Å². The molecule has 0 spiro atoms. The lowest BCUT2D eigenvalue weighted by molar-refractivity contribution is -0.126. The number of nitrogens with two attached hydrogens (primary N) is 1. The third-order valence-corrected chi connectivity index (χ3v) is 5.77. The van der Waals surface area contributed by atoms with Crippen molar-refractivity contribution in [2.75, 3.05) is 13.1 Å². The second kappa shape index (κ2) is 7.21. The molecular weight excluding hydrogens is 302 g/mol. The Morgan fingerprint density at radius 1 is 1.36 bits per heavy atom. The fraction of sp³-hybridized carbons (Fsp3) is 0.533. The molecule has 2 rings (SSSR count). The van der Waals surface area contributed by atoms with Crippen LogP contribution in [0.2, 0.25) is 0 Å². The van der Waals surface area contributed by atoms with Gasteiger partial charge in [-0.2, -0.15) is 4.31 Å². The van der Waals surface area contributed by atoms with Crippen LogP contribution in [0.4, 0.5) is 0 Å². The van der Waals surface area contributed by atoms with Gasteiger partial charge in [0.1, 0.15) is 6.04 Å². The van der Waals surface area contributed by atoms with Crippen LogP contribution in [0.15, 0.2) is 35.2 Å². The molecular formula is C15H23N3O3S. The van der Waals surface area contributed by atoms with Crippen molar-refractivity contribution in [3.05, 3.63) is 30.3 Å². The molecule has 2 atom stereocenters. The molecule has 0 aliphatic carbocycles. The first-order valence-corrected chi connectivity index (χ1v) is 8.98. The van der Waals surface area contributed by atoms with Crippen molar-refractivity contribution in [3.63, 3.8) is 0 Å². The van der Waals surface area contributed by atoms with E-state index in [0.29, 0.717) is 19.5 Å². The maximum atomic E-state index is 12.8.